The summed E-state index contributed by atoms with van der Waals surface area (Å²) in [5.41, 5.74) is 1.57. The monoisotopic (exact) mass is 360 g/mol. The third-order valence-corrected chi connectivity index (χ3v) is 4.46. The third kappa shape index (κ3) is 2.83. The molecule has 0 atom stereocenters. The van der Waals surface area contributed by atoms with Crippen LogP contribution in [0.1, 0.15) is 15.9 Å². The molecule has 0 N–H and O–H groups in total. The standard InChI is InChI=1S/C22H13ClO3/c23-16-12-10-15(11-13-16)21(24)20-19(14-6-2-1-3-7-14)17-8-4-5-9-18(17)26-22(20)25/h1-13H. The number of rotatable bonds is 3. The Labute approximate surface area is 154 Å². The van der Waals surface area contributed by atoms with Gasteiger partial charge in [0.1, 0.15) is 11.1 Å². The summed E-state index contributed by atoms with van der Waals surface area (Å²) >= 11 is 5.91. The van der Waals surface area contributed by atoms with Crippen LogP contribution < -0.4 is 5.63 Å². The highest BCUT2D eigenvalue weighted by Gasteiger charge is 2.23. The van der Waals surface area contributed by atoms with Crippen LogP contribution >= 0.6 is 11.6 Å². The maximum Gasteiger partial charge on any atom is 0.348 e. The first-order valence-electron chi connectivity index (χ1n) is 8.06. The maximum absolute atomic E-state index is 13.1. The molecule has 4 aromatic rings. The van der Waals surface area contributed by atoms with E-state index in [0.717, 1.165) is 10.9 Å². The number of carbonyl (C=O) groups excluding carboxylic acids is 1. The lowest BCUT2D eigenvalue weighted by atomic mass is 9.92. The van der Waals surface area contributed by atoms with Crippen LogP contribution in [0, 0.1) is 0 Å². The van der Waals surface area contributed by atoms with Crippen molar-refractivity contribution in [2.45, 2.75) is 0 Å². The van der Waals surface area contributed by atoms with Crippen LogP contribution in [0.4, 0.5) is 0 Å². The van der Waals surface area contributed by atoms with Crippen molar-refractivity contribution < 1.29 is 9.21 Å². The molecule has 0 bridgehead atoms. The summed E-state index contributed by atoms with van der Waals surface area (Å²) in [4.78, 5) is 25.8. The first kappa shape index (κ1) is 16.3. The number of carbonyl (C=O) groups is 1. The van der Waals surface area contributed by atoms with Crippen molar-refractivity contribution in [1.29, 1.82) is 0 Å². The fourth-order valence-electron chi connectivity index (χ4n) is 3.01. The molecule has 0 spiro atoms. The second-order valence-corrected chi connectivity index (χ2v) is 6.27. The van der Waals surface area contributed by atoms with Gasteiger partial charge in [-0.3, -0.25) is 4.79 Å². The molecule has 0 radical (unpaired) electrons. The van der Waals surface area contributed by atoms with Gasteiger partial charge in [-0.05, 0) is 35.9 Å². The minimum absolute atomic E-state index is 0.0252. The van der Waals surface area contributed by atoms with Crippen molar-refractivity contribution in [3.63, 3.8) is 0 Å². The number of para-hydroxylation sites is 1. The van der Waals surface area contributed by atoms with E-state index in [0.29, 0.717) is 21.7 Å². The summed E-state index contributed by atoms with van der Waals surface area (Å²) in [6.45, 7) is 0. The van der Waals surface area contributed by atoms with Crippen molar-refractivity contribution in [2.75, 3.05) is 0 Å². The zero-order valence-electron chi connectivity index (χ0n) is 13.6. The molecule has 0 fully saturated rings. The Morgan fingerprint density at radius 3 is 2.19 bits per heavy atom. The third-order valence-electron chi connectivity index (χ3n) is 4.21. The molecule has 3 aromatic carbocycles. The van der Waals surface area contributed by atoms with Crippen LogP contribution in [0.25, 0.3) is 22.1 Å². The van der Waals surface area contributed by atoms with Gasteiger partial charge in [0.25, 0.3) is 0 Å². The Bertz CT molecular complexity index is 1160. The lowest BCUT2D eigenvalue weighted by Gasteiger charge is -2.11. The molecule has 0 unspecified atom stereocenters. The molecule has 0 saturated heterocycles. The fraction of sp³-hybridized carbons (Fsp3) is 0. The molecule has 4 rings (SSSR count). The minimum Gasteiger partial charge on any atom is -0.422 e. The van der Waals surface area contributed by atoms with E-state index in [1.807, 2.05) is 42.5 Å². The van der Waals surface area contributed by atoms with Crippen LogP contribution in [0.3, 0.4) is 0 Å². The van der Waals surface area contributed by atoms with Crippen LogP contribution in [-0.2, 0) is 0 Å². The Morgan fingerprint density at radius 2 is 1.46 bits per heavy atom. The zero-order valence-corrected chi connectivity index (χ0v) is 14.4. The molecule has 3 nitrogen and oxygen atoms in total. The number of hydrogen-bond donors (Lipinski definition) is 0. The molecule has 0 saturated carbocycles. The molecule has 1 aromatic heterocycles. The van der Waals surface area contributed by atoms with E-state index >= 15 is 0 Å². The van der Waals surface area contributed by atoms with Crippen molar-refractivity contribution in [3.8, 4) is 11.1 Å². The van der Waals surface area contributed by atoms with E-state index in [1.54, 1.807) is 36.4 Å². The highest BCUT2D eigenvalue weighted by Crippen LogP contribution is 2.31. The summed E-state index contributed by atoms with van der Waals surface area (Å²) in [6.07, 6.45) is 0. The van der Waals surface area contributed by atoms with Gasteiger partial charge in [-0.25, -0.2) is 4.79 Å². The Morgan fingerprint density at radius 1 is 0.808 bits per heavy atom. The van der Waals surface area contributed by atoms with E-state index in [1.165, 1.54) is 0 Å². The number of hydrogen-bond acceptors (Lipinski definition) is 3. The predicted molar refractivity (Wildman–Crippen MR) is 103 cm³/mol. The van der Waals surface area contributed by atoms with Gasteiger partial charge >= 0.3 is 5.63 Å². The Balaban J connectivity index is 2.05. The summed E-state index contributed by atoms with van der Waals surface area (Å²) < 4.78 is 5.42. The molecule has 0 aliphatic rings. The lowest BCUT2D eigenvalue weighted by Crippen LogP contribution is -2.17. The largest absolute Gasteiger partial charge is 0.422 e. The summed E-state index contributed by atoms with van der Waals surface area (Å²) in [5, 5.41) is 1.24. The zero-order chi connectivity index (χ0) is 18.1. The van der Waals surface area contributed by atoms with E-state index in [9.17, 15) is 9.59 Å². The van der Waals surface area contributed by atoms with Crippen molar-refractivity contribution in [2.24, 2.45) is 0 Å². The fourth-order valence-corrected chi connectivity index (χ4v) is 3.13. The second-order valence-electron chi connectivity index (χ2n) is 5.84. The molecule has 0 aliphatic heterocycles. The Hall–Kier alpha value is -3.17. The number of halogens is 1. The molecule has 0 aliphatic carbocycles. The lowest BCUT2D eigenvalue weighted by molar-refractivity contribution is 0.103. The van der Waals surface area contributed by atoms with Crippen molar-refractivity contribution >= 4 is 28.4 Å². The van der Waals surface area contributed by atoms with Gasteiger partial charge in [0.2, 0.25) is 5.78 Å². The first-order chi connectivity index (χ1) is 12.6. The highest BCUT2D eigenvalue weighted by atomic mass is 35.5. The molecular weight excluding hydrogens is 348 g/mol. The SMILES string of the molecule is O=C(c1ccc(Cl)cc1)c1c(-c2ccccc2)c2ccccc2oc1=O. The quantitative estimate of drug-likeness (QED) is 0.366. The van der Waals surface area contributed by atoms with Gasteiger partial charge in [-0.1, -0.05) is 60.1 Å². The molecule has 26 heavy (non-hydrogen) atoms. The van der Waals surface area contributed by atoms with Crippen molar-refractivity contribution in [1.82, 2.24) is 0 Å². The Kier molecular flexibility index (Phi) is 4.15. The maximum atomic E-state index is 13.1. The summed E-state index contributed by atoms with van der Waals surface area (Å²) in [6, 6.07) is 23.1. The van der Waals surface area contributed by atoms with E-state index in [2.05, 4.69) is 0 Å². The van der Waals surface area contributed by atoms with Crippen LogP contribution in [-0.4, -0.2) is 5.78 Å². The normalized spacial score (nSPS) is 10.8. The minimum atomic E-state index is -0.650. The second kappa shape index (κ2) is 6.62. The number of ketones is 1. The van der Waals surface area contributed by atoms with Gasteiger partial charge < -0.3 is 4.42 Å². The van der Waals surface area contributed by atoms with E-state index in [4.69, 9.17) is 16.0 Å². The molecule has 1 heterocycles. The molecule has 126 valence electrons. The average molecular weight is 361 g/mol. The summed E-state index contributed by atoms with van der Waals surface area (Å²) in [7, 11) is 0. The number of benzene rings is 3. The van der Waals surface area contributed by atoms with Gasteiger partial charge in [0.15, 0.2) is 0 Å². The van der Waals surface area contributed by atoms with Crippen molar-refractivity contribution in [3.05, 3.63) is 105 Å². The van der Waals surface area contributed by atoms with Crippen LogP contribution in [0.15, 0.2) is 88.1 Å². The smallest absolute Gasteiger partial charge is 0.348 e. The van der Waals surface area contributed by atoms with Gasteiger partial charge in [0, 0.05) is 21.5 Å². The number of fused-ring (bicyclic) bond motifs is 1. The summed E-state index contributed by atoms with van der Waals surface area (Å²) in [5.74, 6) is -0.389. The molecule has 0 amide bonds. The highest BCUT2D eigenvalue weighted by molar-refractivity contribution is 6.30. The van der Waals surface area contributed by atoms with Gasteiger partial charge in [-0.2, -0.15) is 0 Å². The van der Waals surface area contributed by atoms with E-state index in [-0.39, 0.29) is 11.3 Å². The average Bonchev–Trinajstić information content (AvgIpc) is 2.67. The molecule has 4 heteroatoms. The van der Waals surface area contributed by atoms with Crippen LogP contribution in [0.2, 0.25) is 5.02 Å². The van der Waals surface area contributed by atoms with E-state index < -0.39 is 5.63 Å². The van der Waals surface area contributed by atoms with Gasteiger partial charge in [0.05, 0.1) is 0 Å². The van der Waals surface area contributed by atoms with Gasteiger partial charge in [-0.15, -0.1) is 0 Å². The topological polar surface area (TPSA) is 47.3 Å². The molecular formula is C22H13ClO3. The first-order valence-corrected chi connectivity index (χ1v) is 8.44. The van der Waals surface area contributed by atoms with Crippen LogP contribution in [0.5, 0.6) is 0 Å². The predicted octanol–water partition coefficient (Wildman–Crippen LogP) is 5.34.